The number of carbonyl (C=O) groups is 2. The number of esters is 2. The first-order chi connectivity index (χ1) is 10.2. The molecule has 0 radical (unpaired) electrons. The van der Waals surface area contributed by atoms with Crippen LogP contribution in [0, 0.1) is 22.7 Å². The van der Waals surface area contributed by atoms with Crippen LogP contribution in [0.4, 0.5) is 0 Å². The molecule has 6 atom stereocenters. The largest absolute Gasteiger partial charge is 0.462 e. The van der Waals surface area contributed by atoms with Crippen LogP contribution in [-0.4, -0.2) is 35.9 Å². The van der Waals surface area contributed by atoms with Gasteiger partial charge in [0.2, 0.25) is 0 Å². The summed E-state index contributed by atoms with van der Waals surface area (Å²) in [6, 6.07) is 0. The third-order valence-electron chi connectivity index (χ3n) is 6.37. The van der Waals surface area contributed by atoms with Crippen LogP contribution in [-0.2, 0) is 19.1 Å². The minimum Gasteiger partial charge on any atom is -0.462 e. The Morgan fingerprint density at radius 1 is 1.45 bits per heavy atom. The molecule has 1 spiro atoms. The summed E-state index contributed by atoms with van der Waals surface area (Å²) in [6.07, 6.45) is 0.884. The first kappa shape index (κ1) is 15.5. The van der Waals surface area contributed by atoms with Crippen LogP contribution in [0.3, 0.4) is 0 Å². The van der Waals surface area contributed by atoms with Crippen molar-refractivity contribution >= 4 is 11.9 Å². The van der Waals surface area contributed by atoms with Gasteiger partial charge in [-0.2, -0.15) is 0 Å². The minimum atomic E-state index is -1.03. The van der Waals surface area contributed by atoms with E-state index < -0.39 is 11.5 Å². The maximum absolute atomic E-state index is 12.4. The summed E-state index contributed by atoms with van der Waals surface area (Å²) >= 11 is 0. The highest BCUT2D eigenvalue weighted by molar-refractivity contribution is 5.85. The fraction of sp³-hybridized carbons (Fsp3) is 0.765. The van der Waals surface area contributed by atoms with Gasteiger partial charge in [-0.25, -0.2) is 0 Å². The fourth-order valence-corrected chi connectivity index (χ4v) is 4.97. The molecule has 0 bridgehead atoms. The van der Waals surface area contributed by atoms with Gasteiger partial charge in [-0.15, -0.1) is 0 Å². The second-order valence-corrected chi connectivity index (χ2v) is 7.43. The Labute approximate surface area is 130 Å². The number of ether oxygens (including phenoxy) is 2. The third-order valence-corrected chi connectivity index (χ3v) is 6.37. The summed E-state index contributed by atoms with van der Waals surface area (Å²) in [7, 11) is 0. The number of hydrogen-bond acceptors (Lipinski definition) is 5. The summed E-state index contributed by atoms with van der Waals surface area (Å²) in [6.45, 7) is 9.77. The minimum absolute atomic E-state index is 0.172. The van der Waals surface area contributed by atoms with E-state index in [9.17, 15) is 14.7 Å². The molecule has 5 heteroatoms. The molecular weight excluding hydrogens is 284 g/mol. The van der Waals surface area contributed by atoms with Crippen LogP contribution < -0.4 is 0 Å². The highest BCUT2D eigenvalue weighted by Crippen LogP contribution is 2.65. The summed E-state index contributed by atoms with van der Waals surface area (Å²) in [4.78, 5) is 23.8. The van der Waals surface area contributed by atoms with Crippen molar-refractivity contribution in [2.24, 2.45) is 22.7 Å². The van der Waals surface area contributed by atoms with Gasteiger partial charge in [0.05, 0.1) is 6.10 Å². The van der Waals surface area contributed by atoms with Crippen LogP contribution >= 0.6 is 0 Å². The topological polar surface area (TPSA) is 72.8 Å². The van der Waals surface area contributed by atoms with Crippen LogP contribution in [0.25, 0.3) is 0 Å². The number of carbonyl (C=O) groups excluding carboxylic acids is 2. The smallest absolute Gasteiger partial charge is 0.319 e. The lowest BCUT2D eigenvalue weighted by molar-refractivity contribution is -0.162. The van der Waals surface area contributed by atoms with Gasteiger partial charge in [0, 0.05) is 12.8 Å². The van der Waals surface area contributed by atoms with E-state index in [2.05, 4.69) is 20.4 Å². The highest BCUT2D eigenvalue weighted by Gasteiger charge is 2.70. The van der Waals surface area contributed by atoms with E-state index in [0.717, 1.165) is 12.8 Å². The monoisotopic (exact) mass is 308 g/mol. The molecule has 5 nitrogen and oxygen atoms in total. The maximum Gasteiger partial charge on any atom is 0.319 e. The molecule has 122 valence electrons. The predicted molar refractivity (Wildman–Crippen MR) is 78.7 cm³/mol. The molecule has 0 amide bonds. The number of rotatable bonds is 1. The molecular formula is C17H24O5. The quantitative estimate of drug-likeness (QED) is 0.591. The molecule has 2 saturated carbocycles. The van der Waals surface area contributed by atoms with E-state index in [1.165, 1.54) is 6.92 Å². The molecule has 0 aromatic heterocycles. The zero-order valence-electron chi connectivity index (χ0n) is 13.4. The van der Waals surface area contributed by atoms with Crippen molar-refractivity contribution in [3.8, 4) is 0 Å². The molecule has 2 aliphatic carbocycles. The predicted octanol–water partition coefficient (Wildman–Crippen LogP) is 1.83. The Hall–Kier alpha value is -1.36. The van der Waals surface area contributed by atoms with Crippen LogP contribution in [0.2, 0.25) is 0 Å². The van der Waals surface area contributed by atoms with Crippen molar-refractivity contribution in [2.75, 3.05) is 6.61 Å². The molecule has 0 aromatic carbocycles. The van der Waals surface area contributed by atoms with E-state index in [1.54, 1.807) is 0 Å². The number of aliphatic hydroxyl groups excluding tert-OH is 1. The lowest BCUT2D eigenvalue weighted by Crippen LogP contribution is -2.48. The molecule has 0 aromatic rings. The van der Waals surface area contributed by atoms with Crippen molar-refractivity contribution < 1.29 is 24.2 Å². The SMILES string of the molecule is C=C1COC(=O)C12CC1(C)C(C)CCC(OC(C)=O)C1C2O. The van der Waals surface area contributed by atoms with E-state index in [-0.39, 0.29) is 36.0 Å². The summed E-state index contributed by atoms with van der Waals surface area (Å²) in [5, 5.41) is 11.0. The van der Waals surface area contributed by atoms with Gasteiger partial charge in [0.25, 0.3) is 0 Å². The first-order valence-electron chi connectivity index (χ1n) is 7.94. The van der Waals surface area contributed by atoms with Gasteiger partial charge in [-0.3, -0.25) is 9.59 Å². The second kappa shape index (κ2) is 4.82. The molecule has 1 N–H and O–H groups in total. The molecule has 1 aliphatic heterocycles. The molecule has 3 rings (SSSR count). The van der Waals surface area contributed by atoms with Crippen molar-refractivity contribution in [1.29, 1.82) is 0 Å². The fourth-order valence-electron chi connectivity index (χ4n) is 4.97. The van der Waals surface area contributed by atoms with Gasteiger partial charge in [-0.1, -0.05) is 20.4 Å². The summed E-state index contributed by atoms with van der Waals surface area (Å²) in [5.74, 6) is -0.653. The Morgan fingerprint density at radius 2 is 2.14 bits per heavy atom. The molecule has 1 heterocycles. The van der Waals surface area contributed by atoms with Gasteiger partial charge >= 0.3 is 11.9 Å². The zero-order chi connectivity index (χ0) is 16.3. The van der Waals surface area contributed by atoms with Gasteiger partial charge in [0.1, 0.15) is 18.1 Å². The van der Waals surface area contributed by atoms with Crippen LogP contribution in [0.15, 0.2) is 12.2 Å². The average Bonchev–Trinajstić information content (AvgIpc) is 2.85. The second-order valence-electron chi connectivity index (χ2n) is 7.43. The molecule has 1 saturated heterocycles. The Morgan fingerprint density at radius 3 is 2.68 bits per heavy atom. The maximum atomic E-state index is 12.4. The number of fused-ring (bicyclic) bond motifs is 1. The number of cyclic esters (lactones) is 1. The highest BCUT2D eigenvalue weighted by atomic mass is 16.5. The first-order valence-corrected chi connectivity index (χ1v) is 7.94. The van der Waals surface area contributed by atoms with E-state index in [4.69, 9.17) is 9.47 Å². The Bertz CT molecular complexity index is 523. The summed E-state index contributed by atoms with van der Waals surface area (Å²) < 4.78 is 10.7. The normalized spacial score (nSPS) is 47.5. The van der Waals surface area contributed by atoms with E-state index >= 15 is 0 Å². The lowest BCUT2D eigenvalue weighted by atomic mass is 9.61. The number of hydrogen-bond donors (Lipinski definition) is 1. The molecule has 3 fully saturated rings. The van der Waals surface area contributed by atoms with Gasteiger partial charge in [-0.05, 0) is 36.2 Å². The van der Waals surface area contributed by atoms with Gasteiger partial charge < -0.3 is 14.6 Å². The van der Waals surface area contributed by atoms with Gasteiger partial charge in [0.15, 0.2) is 0 Å². The standard InChI is InChI=1S/C17H24O5/c1-9-5-6-12(22-11(3)18)13-14(19)17(8-16(9,13)4)10(2)7-21-15(17)20/h9,12-14,19H,2,5-8H2,1,3-4H3. The van der Waals surface area contributed by atoms with Crippen LogP contribution in [0.5, 0.6) is 0 Å². The van der Waals surface area contributed by atoms with Crippen LogP contribution in [0.1, 0.15) is 40.0 Å². The summed E-state index contributed by atoms with van der Waals surface area (Å²) in [5.41, 5.74) is -0.657. The number of aliphatic hydroxyl groups is 1. The van der Waals surface area contributed by atoms with Crippen molar-refractivity contribution in [3.63, 3.8) is 0 Å². The zero-order valence-corrected chi connectivity index (χ0v) is 13.4. The Balaban J connectivity index is 2.04. The van der Waals surface area contributed by atoms with Crippen molar-refractivity contribution in [2.45, 2.75) is 52.2 Å². The molecule has 22 heavy (non-hydrogen) atoms. The molecule has 6 unspecified atom stereocenters. The lowest BCUT2D eigenvalue weighted by Gasteiger charge is -2.46. The van der Waals surface area contributed by atoms with E-state index in [1.807, 2.05) is 0 Å². The Kier molecular flexibility index (Phi) is 3.40. The third kappa shape index (κ3) is 1.81. The average molecular weight is 308 g/mol. The van der Waals surface area contributed by atoms with E-state index in [0.29, 0.717) is 17.9 Å². The molecule has 3 aliphatic rings. The van der Waals surface area contributed by atoms with Crippen molar-refractivity contribution in [3.05, 3.63) is 12.2 Å². The van der Waals surface area contributed by atoms with Crippen molar-refractivity contribution in [1.82, 2.24) is 0 Å².